The largest absolute Gasteiger partial charge is 0.453 e. The smallest absolute Gasteiger partial charge is 0.407 e. The third kappa shape index (κ3) is 9.12. The number of hydrogen-bond acceptors (Lipinski definition) is 11. The maximum Gasteiger partial charge on any atom is 0.407 e. The summed E-state index contributed by atoms with van der Waals surface area (Å²) in [7, 11) is -1.14. The average Bonchev–Trinajstić information content (AvgIpc) is 4.04. The maximum atomic E-state index is 13.8. The number of H-pyrrole nitrogens is 1. The highest BCUT2D eigenvalue weighted by molar-refractivity contribution is 7.88. The highest BCUT2D eigenvalue weighted by Gasteiger charge is 2.44. The third-order valence-corrected chi connectivity index (χ3v) is 12.2. The summed E-state index contributed by atoms with van der Waals surface area (Å²) >= 11 is 0. The molecule has 2 fully saturated rings. The number of aromatic nitrogens is 2. The van der Waals surface area contributed by atoms with E-state index in [4.69, 9.17) is 14.5 Å². The van der Waals surface area contributed by atoms with Gasteiger partial charge >= 0.3 is 12.2 Å². The molecule has 4 N–H and O–H groups in total. The van der Waals surface area contributed by atoms with Gasteiger partial charge < -0.3 is 40.2 Å². The van der Waals surface area contributed by atoms with Gasteiger partial charge in [-0.15, -0.1) is 0 Å². The number of imidazole rings is 1. The zero-order valence-electron chi connectivity index (χ0n) is 33.9. The van der Waals surface area contributed by atoms with E-state index in [9.17, 15) is 27.6 Å². The van der Waals surface area contributed by atoms with Gasteiger partial charge in [-0.2, -0.15) is 4.31 Å². The number of amidine groups is 1. The van der Waals surface area contributed by atoms with Gasteiger partial charge in [0, 0.05) is 13.1 Å². The van der Waals surface area contributed by atoms with E-state index in [-0.39, 0.29) is 43.0 Å². The Hall–Kier alpha value is -5.49. The number of nitrogens with zero attached hydrogens (tertiary/aromatic N) is 5. The van der Waals surface area contributed by atoms with E-state index < -0.39 is 46.2 Å². The first-order chi connectivity index (χ1) is 27.6. The summed E-state index contributed by atoms with van der Waals surface area (Å²) in [4.78, 5) is 67.2. The number of aromatic amines is 1. The average molecular weight is 820 g/mol. The van der Waals surface area contributed by atoms with Gasteiger partial charge in [-0.1, -0.05) is 76.2 Å². The fourth-order valence-corrected chi connectivity index (χ4v) is 8.38. The molecule has 0 spiro atoms. The molecule has 58 heavy (non-hydrogen) atoms. The number of alkyl carbamates (subject to hydrolysis) is 2. The number of methoxy groups -OCH3 is 2. The summed E-state index contributed by atoms with van der Waals surface area (Å²) in [5.74, 6) is 0.216. The monoisotopic (exact) mass is 819 g/mol. The summed E-state index contributed by atoms with van der Waals surface area (Å²) in [6.07, 6.45) is 3.00. The van der Waals surface area contributed by atoms with Gasteiger partial charge in [0.05, 0.1) is 57.7 Å². The van der Waals surface area contributed by atoms with E-state index in [1.165, 1.54) is 23.4 Å². The number of sulfonamides is 1. The highest BCUT2D eigenvalue weighted by atomic mass is 32.2. The van der Waals surface area contributed by atoms with Crippen LogP contribution < -0.4 is 16.0 Å². The number of carbonyl (C=O) groups excluding carboxylic acids is 4. The minimum Gasteiger partial charge on any atom is -0.453 e. The standard InChI is InChI=1S/C40H53N9O8S/c1-23(2)33(45-39(52)56-5)37(50)48-18-8-9-31(48)35-41-19-29(43-35)27-14-10-25(11-15-27)26-12-16-28(17-13-26)30-20-42-36(44-30)32-21-47(58(7,54)55)22-49(32)38(51)34(24(3)4)46-40(53)57-6/h10-17,20,23-24,29,31-34H,8-9,18-19,21-22H2,1-7H3,(H,41,43)(H,42,44)(H,45,52)(H,46,53)/t29?,31-,32-,33-,34-/m0/s1. The summed E-state index contributed by atoms with van der Waals surface area (Å²) in [6.45, 7) is 8.32. The molecular weight excluding hydrogens is 767 g/mol. The normalized spacial score (nSPS) is 20.8. The van der Waals surface area contributed by atoms with Crippen molar-refractivity contribution in [3.63, 3.8) is 0 Å². The second kappa shape index (κ2) is 17.6. The Bertz CT molecular complexity index is 2120. The first kappa shape index (κ1) is 42.1. The van der Waals surface area contributed by atoms with Crippen molar-refractivity contribution in [1.82, 2.24) is 40.0 Å². The maximum absolute atomic E-state index is 13.8. The number of aliphatic imine (C=N–C) groups is 1. The van der Waals surface area contributed by atoms with Gasteiger partial charge in [-0.05, 0) is 46.9 Å². The lowest BCUT2D eigenvalue weighted by Crippen LogP contribution is -2.54. The topological polar surface area (TPSA) is 208 Å². The van der Waals surface area contributed by atoms with Crippen LogP contribution >= 0.6 is 0 Å². The Balaban J connectivity index is 1.11. The third-order valence-electron chi connectivity index (χ3n) is 11.0. The number of hydrogen-bond donors (Lipinski definition) is 4. The minimum absolute atomic E-state index is 0.00688. The van der Waals surface area contributed by atoms with Crippen molar-refractivity contribution in [2.75, 3.05) is 46.8 Å². The van der Waals surface area contributed by atoms with Gasteiger partial charge in [0.15, 0.2) is 0 Å². The summed E-state index contributed by atoms with van der Waals surface area (Å²) in [6, 6.07) is 13.7. The Kier molecular flexibility index (Phi) is 12.8. The molecular formula is C40H53N9O8S. The molecule has 4 heterocycles. The van der Waals surface area contributed by atoms with Crippen molar-refractivity contribution in [3.05, 3.63) is 66.1 Å². The van der Waals surface area contributed by atoms with Crippen LogP contribution in [0.2, 0.25) is 0 Å². The van der Waals surface area contributed by atoms with Crippen LogP contribution in [0.4, 0.5) is 9.59 Å². The molecule has 6 rings (SSSR count). The van der Waals surface area contributed by atoms with Crippen molar-refractivity contribution < 1.29 is 37.1 Å². The van der Waals surface area contributed by atoms with Crippen LogP contribution in [0.5, 0.6) is 0 Å². The SMILES string of the molecule is COC(=O)N[C@H](C(=O)N1CCC[C@H]1C1=NCC(c2ccc(-c3ccc(-c4cnc([C@@H]5CN(S(C)(=O)=O)CN5C(=O)[C@@H](NC(=O)OC)C(C)C)[nH]4)cc3)cc2)N1)C(C)C. The molecule has 2 aromatic carbocycles. The van der Waals surface area contributed by atoms with Crippen LogP contribution in [-0.4, -0.2) is 127 Å². The Morgan fingerprint density at radius 1 is 0.810 bits per heavy atom. The van der Waals surface area contributed by atoms with Crippen molar-refractivity contribution in [1.29, 1.82) is 0 Å². The predicted octanol–water partition coefficient (Wildman–Crippen LogP) is 3.64. The van der Waals surface area contributed by atoms with Crippen LogP contribution in [-0.2, 0) is 29.1 Å². The zero-order chi connectivity index (χ0) is 41.9. The number of carbonyl (C=O) groups is 4. The first-order valence-electron chi connectivity index (χ1n) is 19.4. The second-order valence-electron chi connectivity index (χ2n) is 15.6. The Morgan fingerprint density at radius 2 is 1.36 bits per heavy atom. The van der Waals surface area contributed by atoms with Crippen LogP contribution in [0.25, 0.3) is 22.4 Å². The van der Waals surface area contributed by atoms with E-state index >= 15 is 0 Å². The van der Waals surface area contributed by atoms with Gasteiger partial charge in [0.2, 0.25) is 21.8 Å². The molecule has 17 nitrogen and oxygen atoms in total. The summed E-state index contributed by atoms with van der Waals surface area (Å²) in [5, 5.41) is 8.83. The lowest BCUT2D eigenvalue weighted by molar-refractivity contribution is -0.136. The number of likely N-dealkylation sites (tertiary alicyclic amines) is 1. The van der Waals surface area contributed by atoms with Crippen LogP contribution in [0.1, 0.15) is 64.0 Å². The molecule has 0 radical (unpaired) electrons. The quantitative estimate of drug-likeness (QED) is 0.209. The molecule has 0 aliphatic carbocycles. The van der Waals surface area contributed by atoms with Crippen LogP contribution in [0.15, 0.2) is 59.7 Å². The minimum atomic E-state index is -3.64. The molecule has 312 valence electrons. The molecule has 0 saturated carbocycles. The highest BCUT2D eigenvalue weighted by Crippen LogP contribution is 2.32. The molecule has 2 saturated heterocycles. The Morgan fingerprint density at radius 3 is 1.91 bits per heavy atom. The van der Waals surface area contributed by atoms with Crippen molar-refractivity contribution >= 4 is 39.9 Å². The Labute approximate surface area is 339 Å². The van der Waals surface area contributed by atoms with Crippen molar-refractivity contribution in [3.8, 4) is 22.4 Å². The summed E-state index contributed by atoms with van der Waals surface area (Å²) in [5.41, 5.74) is 4.64. The van der Waals surface area contributed by atoms with E-state index in [1.807, 2.05) is 43.0 Å². The molecule has 1 unspecified atom stereocenters. The van der Waals surface area contributed by atoms with Crippen molar-refractivity contribution in [2.24, 2.45) is 16.8 Å². The van der Waals surface area contributed by atoms with Gasteiger partial charge in [0.25, 0.3) is 0 Å². The molecule has 3 aliphatic rings. The predicted molar refractivity (Wildman–Crippen MR) is 217 cm³/mol. The number of amides is 4. The van der Waals surface area contributed by atoms with E-state index in [0.717, 1.165) is 47.2 Å². The number of nitrogens with one attached hydrogen (secondary N) is 4. The summed E-state index contributed by atoms with van der Waals surface area (Å²) < 4.78 is 35.8. The van der Waals surface area contributed by atoms with Crippen LogP contribution in [0, 0.1) is 11.8 Å². The van der Waals surface area contributed by atoms with E-state index in [2.05, 4.69) is 50.2 Å². The zero-order valence-corrected chi connectivity index (χ0v) is 34.7. The van der Waals surface area contributed by atoms with E-state index in [0.29, 0.717) is 24.6 Å². The number of rotatable bonds is 12. The molecule has 1 aromatic heterocycles. The molecule has 4 amide bonds. The van der Waals surface area contributed by atoms with Gasteiger partial charge in [0.1, 0.15) is 29.8 Å². The van der Waals surface area contributed by atoms with E-state index in [1.54, 1.807) is 20.0 Å². The van der Waals surface area contributed by atoms with Crippen molar-refractivity contribution in [2.45, 2.75) is 70.7 Å². The van der Waals surface area contributed by atoms with Gasteiger partial charge in [-0.3, -0.25) is 14.6 Å². The van der Waals surface area contributed by atoms with Gasteiger partial charge in [-0.25, -0.2) is 23.0 Å². The fourth-order valence-electron chi connectivity index (χ4n) is 7.64. The molecule has 3 aliphatic heterocycles. The molecule has 3 aromatic rings. The lowest BCUT2D eigenvalue weighted by atomic mass is 9.99. The first-order valence-corrected chi connectivity index (χ1v) is 21.3. The fraction of sp³-hybridized carbons (Fsp3) is 0.500. The lowest BCUT2D eigenvalue weighted by Gasteiger charge is -2.31. The van der Waals surface area contributed by atoms with Crippen LogP contribution in [0.3, 0.4) is 0 Å². The molecule has 5 atom stereocenters. The molecule has 0 bridgehead atoms. The second-order valence-corrected chi connectivity index (χ2v) is 17.6. The number of ether oxygens (including phenoxy) is 2. The number of benzene rings is 2. The molecule has 18 heteroatoms.